The Balaban J connectivity index is 2.22. The molecule has 1 heterocycles. The fraction of sp³-hybridized carbons (Fsp3) is 0.261. The van der Waals surface area contributed by atoms with Crippen LogP contribution in [0.3, 0.4) is 0 Å². The standard InChI is InChI=1S/C23H26N2O3S/c1-16(2)23(26)24-22-21(29(27,28)20-13-9-6-10-14-20)17(3)18(4)25(22)15-19-11-7-5-8-12-19/h5-14,16H,15H2,1-4H3,(H,24,26). The average molecular weight is 411 g/mol. The zero-order chi connectivity index (χ0) is 21.2. The van der Waals surface area contributed by atoms with Gasteiger partial charge in [0.05, 0.1) is 4.90 Å². The molecule has 0 saturated heterocycles. The van der Waals surface area contributed by atoms with Crippen molar-refractivity contribution in [2.24, 2.45) is 5.92 Å². The van der Waals surface area contributed by atoms with E-state index in [0.29, 0.717) is 17.9 Å². The highest BCUT2D eigenvalue weighted by molar-refractivity contribution is 7.91. The Morgan fingerprint density at radius 2 is 1.52 bits per heavy atom. The van der Waals surface area contributed by atoms with Crippen LogP contribution in [0.5, 0.6) is 0 Å². The fourth-order valence-corrected chi connectivity index (χ4v) is 4.95. The Morgan fingerprint density at radius 1 is 0.966 bits per heavy atom. The minimum atomic E-state index is -3.80. The van der Waals surface area contributed by atoms with E-state index in [1.54, 1.807) is 51.1 Å². The first kappa shape index (κ1) is 20.9. The molecule has 0 unspecified atom stereocenters. The normalized spacial score (nSPS) is 11.6. The average Bonchev–Trinajstić information content (AvgIpc) is 2.94. The number of hydrogen-bond acceptors (Lipinski definition) is 3. The molecule has 152 valence electrons. The summed E-state index contributed by atoms with van der Waals surface area (Å²) in [4.78, 5) is 12.9. The second kappa shape index (κ2) is 8.25. The van der Waals surface area contributed by atoms with Crippen molar-refractivity contribution in [3.05, 3.63) is 77.5 Å². The van der Waals surface area contributed by atoms with Crippen LogP contribution in [0, 0.1) is 19.8 Å². The maximum Gasteiger partial charge on any atom is 0.228 e. The predicted octanol–water partition coefficient (Wildman–Crippen LogP) is 4.58. The lowest BCUT2D eigenvalue weighted by molar-refractivity contribution is -0.118. The molecule has 5 nitrogen and oxygen atoms in total. The van der Waals surface area contributed by atoms with Crippen molar-refractivity contribution in [1.82, 2.24) is 4.57 Å². The topological polar surface area (TPSA) is 68.2 Å². The van der Waals surface area contributed by atoms with Crippen LogP contribution in [-0.4, -0.2) is 18.9 Å². The lowest BCUT2D eigenvalue weighted by Gasteiger charge is -2.16. The SMILES string of the molecule is Cc1c(S(=O)(=O)c2ccccc2)c(NC(=O)C(C)C)n(Cc2ccccc2)c1C. The van der Waals surface area contributed by atoms with E-state index in [1.807, 2.05) is 41.8 Å². The number of carbonyl (C=O) groups is 1. The second-order valence-corrected chi connectivity index (χ2v) is 9.31. The number of aromatic nitrogens is 1. The first-order chi connectivity index (χ1) is 13.7. The van der Waals surface area contributed by atoms with Gasteiger partial charge >= 0.3 is 0 Å². The summed E-state index contributed by atoms with van der Waals surface area (Å²) in [5.74, 6) is -0.171. The smallest absolute Gasteiger partial charge is 0.228 e. The van der Waals surface area contributed by atoms with Gasteiger partial charge in [0.2, 0.25) is 15.7 Å². The molecule has 0 aliphatic heterocycles. The van der Waals surface area contributed by atoms with E-state index in [0.717, 1.165) is 11.3 Å². The Labute approximate surface area is 172 Å². The predicted molar refractivity (Wildman–Crippen MR) is 115 cm³/mol. The van der Waals surface area contributed by atoms with Crippen molar-refractivity contribution >= 4 is 21.6 Å². The van der Waals surface area contributed by atoms with E-state index < -0.39 is 9.84 Å². The van der Waals surface area contributed by atoms with Crippen LogP contribution in [0.1, 0.15) is 30.7 Å². The number of rotatable bonds is 6. The molecule has 1 aromatic heterocycles. The zero-order valence-electron chi connectivity index (χ0n) is 17.1. The monoisotopic (exact) mass is 410 g/mol. The largest absolute Gasteiger partial charge is 0.326 e. The van der Waals surface area contributed by atoms with Crippen molar-refractivity contribution < 1.29 is 13.2 Å². The summed E-state index contributed by atoms with van der Waals surface area (Å²) >= 11 is 0. The Kier molecular flexibility index (Phi) is 5.94. The van der Waals surface area contributed by atoms with Gasteiger partial charge in [0.15, 0.2) is 0 Å². The van der Waals surface area contributed by atoms with E-state index in [2.05, 4.69) is 5.32 Å². The summed E-state index contributed by atoms with van der Waals surface area (Å²) in [6.45, 7) is 7.70. The molecule has 0 radical (unpaired) electrons. The number of nitrogens with zero attached hydrogens (tertiary/aromatic N) is 1. The molecule has 29 heavy (non-hydrogen) atoms. The van der Waals surface area contributed by atoms with Gasteiger partial charge < -0.3 is 9.88 Å². The number of anilines is 1. The van der Waals surface area contributed by atoms with Gasteiger partial charge in [-0.1, -0.05) is 62.4 Å². The van der Waals surface area contributed by atoms with Crippen molar-refractivity contribution in [2.45, 2.75) is 44.0 Å². The van der Waals surface area contributed by atoms with E-state index in [9.17, 15) is 13.2 Å². The molecule has 3 rings (SSSR count). The van der Waals surface area contributed by atoms with E-state index in [-0.39, 0.29) is 21.6 Å². The minimum absolute atomic E-state index is 0.158. The molecular weight excluding hydrogens is 384 g/mol. The molecule has 6 heteroatoms. The maximum absolute atomic E-state index is 13.5. The molecule has 0 atom stereocenters. The number of benzene rings is 2. The van der Waals surface area contributed by atoms with Gasteiger partial charge in [-0.25, -0.2) is 8.42 Å². The zero-order valence-corrected chi connectivity index (χ0v) is 18.0. The van der Waals surface area contributed by atoms with Crippen LogP contribution in [0.2, 0.25) is 0 Å². The molecule has 2 aromatic carbocycles. The van der Waals surface area contributed by atoms with Gasteiger partial charge in [-0.2, -0.15) is 0 Å². The molecule has 0 saturated carbocycles. The lowest BCUT2D eigenvalue weighted by Crippen LogP contribution is -2.22. The molecule has 1 N–H and O–H groups in total. The van der Waals surface area contributed by atoms with Gasteiger partial charge in [-0.3, -0.25) is 4.79 Å². The van der Waals surface area contributed by atoms with Crippen molar-refractivity contribution in [1.29, 1.82) is 0 Å². The van der Waals surface area contributed by atoms with E-state index in [1.165, 1.54) is 0 Å². The maximum atomic E-state index is 13.5. The highest BCUT2D eigenvalue weighted by Gasteiger charge is 2.30. The third kappa shape index (κ3) is 4.12. The van der Waals surface area contributed by atoms with Crippen molar-refractivity contribution in [3.8, 4) is 0 Å². The van der Waals surface area contributed by atoms with Crippen LogP contribution < -0.4 is 5.32 Å². The highest BCUT2D eigenvalue weighted by atomic mass is 32.2. The van der Waals surface area contributed by atoms with E-state index in [4.69, 9.17) is 0 Å². The fourth-order valence-electron chi connectivity index (χ4n) is 3.23. The molecule has 0 fully saturated rings. The number of nitrogens with one attached hydrogen (secondary N) is 1. The summed E-state index contributed by atoms with van der Waals surface area (Å²) < 4.78 is 28.8. The second-order valence-electron chi connectivity index (χ2n) is 7.42. The quantitative estimate of drug-likeness (QED) is 0.647. The molecular formula is C23H26N2O3S. The minimum Gasteiger partial charge on any atom is -0.326 e. The third-order valence-corrected chi connectivity index (χ3v) is 6.97. The van der Waals surface area contributed by atoms with Gasteiger partial charge in [-0.15, -0.1) is 0 Å². The number of carbonyl (C=O) groups excluding carboxylic acids is 1. The van der Waals surface area contributed by atoms with Crippen molar-refractivity contribution in [3.63, 3.8) is 0 Å². The summed E-state index contributed by atoms with van der Waals surface area (Å²) in [7, 11) is -3.80. The first-order valence-corrected chi connectivity index (χ1v) is 11.1. The van der Waals surface area contributed by atoms with Crippen molar-refractivity contribution in [2.75, 3.05) is 5.32 Å². The van der Waals surface area contributed by atoms with Crippen LogP contribution >= 0.6 is 0 Å². The molecule has 0 spiro atoms. The number of hydrogen-bond donors (Lipinski definition) is 1. The Hall–Kier alpha value is -2.86. The van der Waals surface area contributed by atoms with Gasteiger partial charge in [0.25, 0.3) is 0 Å². The van der Waals surface area contributed by atoms with Gasteiger partial charge in [-0.05, 0) is 37.1 Å². The van der Waals surface area contributed by atoms with E-state index >= 15 is 0 Å². The highest BCUT2D eigenvalue weighted by Crippen LogP contribution is 2.36. The first-order valence-electron chi connectivity index (χ1n) is 9.58. The Bertz CT molecular complexity index is 1120. The van der Waals surface area contributed by atoms with Gasteiger partial charge in [0, 0.05) is 18.2 Å². The van der Waals surface area contributed by atoms with Crippen LogP contribution in [0.25, 0.3) is 0 Å². The molecule has 0 aliphatic rings. The molecule has 0 aliphatic carbocycles. The number of amides is 1. The van der Waals surface area contributed by atoms with Crippen LogP contribution in [0.4, 0.5) is 5.82 Å². The molecule has 0 bridgehead atoms. The number of sulfone groups is 1. The molecule has 1 amide bonds. The molecule has 3 aromatic rings. The van der Waals surface area contributed by atoms with Crippen LogP contribution in [-0.2, 0) is 21.2 Å². The third-order valence-electron chi connectivity index (χ3n) is 5.04. The summed E-state index contributed by atoms with van der Waals surface area (Å²) in [5, 5.41) is 2.88. The van der Waals surface area contributed by atoms with Gasteiger partial charge in [0.1, 0.15) is 10.7 Å². The summed E-state index contributed by atoms with van der Waals surface area (Å²) in [6.07, 6.45) is 0. The Morgan fingerprint density at radius 3 is 2.07 bits per heavy atom. The lowest BCUT2D eigenvalue weighted by atomic mass is 10.2. The summed E-state index contributed by atoms with van der Waals surface area (Å²) in [5.41, 5.74) is 2.47. The summed E-state index contributed by atoms with van der Waals surface area (Å²) in [6, 6.07) is 18.1. The van der Waals surface area contributed by atoms with Crippen LogP contribution in [0.15, 0.2) is 70.5 Å².